The van der Waals surface area contributed by atoms with Gasteiger partial charge in [-0.05, 0) is 48.0 Å². The van der Waals surface area contributed by atoms with Gasteiger partial charge in [0.15, 0.2) is 0 Å². The first-order valence-corrected chi connectivity index (χ1v) is 7.52. The number of hydrogen-bond donors (Lipinski definition) is 0. The van der Waals surface area contributed by atoms with Gasteiger partial charge in [-0.25, -0.2) is 4.39 Å². The molecule has 0 unspecified atom stereocenters. The minimum atomic E-state index is -4.49. The Labute approximate surface area is 146 Å². The van der Waals surface area contributed by atoms with Crippen molar-refractivity contribution in [1.29, 1.82) is 5.26 Å². The van der Waals surface area contributed by atoms with Gasteiger partial charge in [-0.2, -0.15) is 18.4 Å². The van der Waals surface area contributed by atoms with E-state index in [0.29, 0.717) is 11.3 Å². The SMILES string of the molecule is N#C/C(=C/c1ccc(-c2cccc(F)c2)o1)c1cccc(C(F)(F)F)c1. The Morgan fingerprint density at radius 2 is 1.77 bits per heavy atom. The Morgan fingerprint density at radius 1 is 1.00 bits per heavy atom. The van der Waals surface area contributed by atoms with Crippen LogP contribution in [0.2, 0.25) is 0 Å². The lowest BCUT2D eigenvalue weighted by Crippen LogP contribution is -2.04. The van der Waals surface area contributed by atoms with Gasteiger partial charge in [0, 0.05) is 5.56 Å². The van der Waals surface area contributed by atoms with Crippen LogP contribution in [0.3, 0.4) is 0 Å². The molecule has 0 bridgehead atoms. The zero-order chi connectivity index (χ0) is 18.7. The molecule has 2 aromatic carbocycles. The summed E-state index contributed by atoms with van der Waals surface area (Å²) in [6, 6.07) is 15.3. The first-order valence-electron chi connectivity index (χ1n) is 7.52. The number of nitriles is 1. The monoisotopic (exact) mass is 357 g/mol. The highest BCUT2D eigenvalue weighted by Crippen LogP contribution is 2.31. The Bertz CT molecular complexity index is 1010. The van der Waals surface area contributed by atoms with Crippen LogP contribution in [0, 0.1) is 17.1 Å². The molecule has 0 aliphatic heterocycles. The van der Waals surface area contributed by atoms with E-state index >= 15 is 0 Å². The van der Waals surface area contributed by atoms with Gasteiger partial charge in [0.05, 0.1) is 17.2 Å². The minimum absolute atomic E-state index is 0.0243. The van der Waals surface area contributed by atoms with Crippen LogP contribution in [0.5, 0.6) is 0 Å². The molecule has 6 heteroatoms. The second kappa shape index (κ2) is 6.89. The van der Waals surface area contributed by atoms with Crippen LogP contribution < -0.4 is 0 Å². The molecule has 26 heavy (non-hydrogen) atoms. The van der Waals surface area contributed by atoms with Gasteiger partial charge in [-0.15, -0.1) is 0 Å². The van der Waals surface area contributed by atoms with Crippen molar-refractivity contribution in [3.05, 3.63) is 83.4 Å². The molecule has 3 rings (SSSR count). The van der Waals surface area contributed by atoms with Gasteiger partial charge in [-0.3, -0.25) is 0 Å². The largest absolute Gasteiger partial charge is 0.457 e. The van der Waals surface area contributed by atoms with Crippen molar-refractivity contribution in [3.8, 4) is 17.4 Å². The van der Waals surface area contributed by atoms with Crippen LogP contribution in [-0.4, -0.2) is 0 Å². The summed E-state index contributed by atoms with van der Waals surface area (Å²) < 4.78 is 57.4. The predicted molar refractivity (Wildman–Crippen MR) is 89.0 cm³/mol. The van der Waals surface area contributed by atoms with E-state index in [2.05, 4.69) is 0 Å². The molecule has 0 aliphatic rings. The van der Waals surface area contributed by atoms with Gasteiger partial charge in [-0.1, -0.05) is 24.3 Å². The molecule has 0 aliphatic carbocycles. The number of furan rings is 1. The highest BCUT2D eigenvalue weighted by molar-refractivity contribution is 5.89. The first kappa shape index (κ1) is 17.5. The summed E-state index contributed by atoms with van der Waals surface area (Å²) in [4.78, 5) is 0. The molecule has 3 aromatic rings. The van der Waals surface area contributed by atoms with E-state index in [0.717, 1.165) is 12.1 Å². The van der Waals surface area contributed by atoms with Crippen molar-refractivity contribution < 1.29 is 22.0 Å². The number of nitrogens with zero attached hydrogens (tertiary/aromatic N) is 1. The smallest absolute Gasteiger partial charge is 0.416 e. The molecule has 0 N–H and O–H groups in total. The summed E-state index contributed by atoms with van der Waals surface area (Å²) in [5.74, 6) is 0.243. The lowest BCUT2D eigenvalue weighted by molar-refractivity contribution is -0.137. The third kappa shape index (κ3) is 3.83. The summed E-state index contributed by atoms with van der Waals surface area (Å²) in [6.45, 7) is 0. The predicted octanol–water partition coefficient (Wildman–Crippen LogP) is 6.17. The van der Waals surface area contributed by atoms with Crippen molar-refractivity contribution in [2.75, 3.05) is 0 Å². The van der Waals surface area contributed by atoms with E-state index in [-0.39, 0.29) is 16.9 Å². The maximum atomic E-state index is 13.3. The summed E-state index contributed by atoms with van der Waals surface area (Å²) in [5.41, 5.74) is -0.166. The molecule has 0 amide bonds. The zero-order valence-corrected chi connectivity index (χ0v) is 13.2. The highest BCUT2D eigenvalue weighted by Gasteiger charge is 2.30. The van der Waals surface area contributed by atoms with Gasteiger partial charge < -0.3 is 4.42 Å². The summed E-state index contributed by atoms with van der Waals surface area (Å²) >= 11 is 0. The second-order valence-corrected chi connectivity index (χ2v) is 5.46. The van der Waals surface area contributed by atoms with Gasteiger partial charge in [0.25, 0.3) is 0 Å². The minimum Gasteiger partial charge on any atom is -0.457 e. The topological polar surface area (TPSA) is 36.9 Å². The molecule has 1 aromatic heterocycles. The fourth-order valence-electron chi connectivity index (χ4n) is 2.41. The molecule has 2 nitrogen and oxygen atoms in total. The number of allylic oxidation sites excluding steroid dienone is 1. The lowest BCUT2D eigenvalue weighted by atomic mass is 10.0. The zero-order valence-electron chi connectivity index (χ0n) is 13.2. The number of benzene rings is 2. The van der Waals surface area contributed by atoms with Crippen molar-refractivity contribution in [2.45, 2.75) is 6.18 Å². The summed E-state index contributed by atoms with van der Waals surface area (Å²) in [5, 5.41) is 9.30. The van der Waals surface area contributed by atoms with Gasteiger partial charge in [0.2, 0.25) is 0 Å². The van der Waals surface area contributed by atoms with Crippen LogP contribution in [0.4, 0.5) is 17.6 Å². The lowest BCUT2D eigenvalue weighted by Gasteiger charge is -2.07. The normalized spacial score (nSPS) is 12.0. The van der Waals surface area contributed by atoms with Crippen molar-refractivity contribution >= 4 is 11.6 Å². The number of alkyl halides is 3. The Balaban J connectivity index is 1.95. The third-order valence-electron chi connectivity index (χ3n) is 3.64. The van der Waals surface area contributed by atoms with Crippen molar-refractivity contribution in [1.82, 2.24) is 0 Å². The van der Waals surface area contributed by atoms with E-state index in [1.807, 2.05) is 6.07 Å². The maximum absolute atomic E-state index is 13.3. The molecule has 1 heterocycles. The molecule has 0 atom stereocenters. The molecular weight excluding hydrogens is 346 g/mol. The number of rotatable bonds is 3. The van der Waals surface area contributed by atoms with Crippen LogP contribution >= 0.6 is 0 Å². The first-order chi connectivity index (χ1) is 12.4. The van der Waals surface area contributed by atoms with Crippen LogP contribution in [0.15, 0.2) is 65.1 Å². The molecule has 0 fully saturated rings. The van der Waals surface area contributed by atoms with E-state index < -0.39 is 17.6 Å². The molecule has 0 saturated heterocycles. The van der Waals surface area contributed by atoms with E-state index in [9.17, 15) is 22.8 Å². The third-order valence-corrected chi connectivity index (χ3v) is 3.64. The quantitative estimate of drug-likeness (QED) is 0.415. The molecule has 0 radical (unpaired) electrons. The molecular formula is C20H11F4NO. The van der Waals surface area contributed by atoms with Crippen LogP contribution in [0.1, 0.15) is 16.9 Å². The number of hydrogen-bond acceptors (Lipinski definition) is 2. The Morgan fingerprint density at radius 3 is 2.46 bits per heavy atom. The Hall–Kier alpha value is -3.33. The molecule has 130 valence electrons. The Kier molecular flexibility index (Phi) is 4.63. The maximum Gasteiger partial charge on any atom is 0.416 e. The standard InChI is InChI=1S/C20H11F4NO/c21-17-6-2-4-14(10-17)19-8-7-18(26-19)11-15(12-25)13-3-1-5-16(9-13)20(22,23)24/h1-11H/b15-11-. The van der Waals surface area contributed by atoms with Crippen LogP contribution in [0.25, 0.3) is 23.0 Å². The average molecular weight is 357 g/mol. The summed E-state index contributed by atoms with van der Waals surface area (Å²) in [6.07, 6.45) is -3.15. The average Bonchev–Trinajstić information content (AvgIpc) is 3.08. The highest BCUT2D eigenvalue weighted by atomic mass is 19.4. The van der Waals surface area contributed by atoms with E-state index in [1.54, 1.807) is 18.2 Å². The van der Waals surface area contributed by atoms with Crippen molar-refractivity contribution in [2.24, 2.45) is 0 Å². The van der Waals surface area contributed by atoms with Gasteiger partial charge in [0.1, 0.15) is 17.3 Å². The van der Waals surface area contributed by atoms with E-state index in [1.165, 1.54) is 36.4 Å². The van der Waals surface area contributed by atoms with Gasteiger partial charge >= 0.3 is 6.18 Å². The second-order valence-electron chi connectivity index (χ2n) is 5.46. The fraction of sp³-hybridized carbons (Fsp3) is 0.0500. The molecule has 0 saturated carbocycles. The van der Waals surface area contributed by atoms with Crippen LogP contribution in [-0.2, 0) is 6.18 Å². The van der Waals surface area contributed by atoms with Crippen molar-refractivity contribution in [3.63, 3.8) is 0 Å². The fourth-order valence-corrected chi connectivity index (χ4v) is 2.41. The number of halogens is 4. The molecule has 0 spiro atoms. The summed E-state index contributed by atoms with van der Waals surface area (Å²) in [7, 11) is 0. The van der Waals surface area contributed by atoms with E-state index in [4.69, 9.17) is 4.42 Å².